The van der Waals surface area contributed by atoms with Gasteiger partial charge in [0.05, 0.1) is 0 Å². The van der Waals surface area contributed by atoms with Crippen molar-refractivity contribution < 1.29 is 18.8 Å². The van der Waals surface area contributed by atoms with Gasteiger partial charge in [-0.3, -0.25) is 4.79 Å². The van der Waals surface area contributed by atoms with E-state index >= 15 is 0 Å². The van der Waals surface area contributed by atoms with Gasteiger partial charge in [-0.15, -0.1) is 0 Å². The van der Waals surface area contributed by atoms with Gasteiger partial charge in [0.15, 0.2) is 5.69 Å². The first kappa shape index (κ1) is 15.1. The summed E-state index contributed by atoms with van der Waals surface area (Å²) in [7, 11) is 0. The number of hydrogen-bond acceptors (Lipinski definition) is 5. The summed E-state index contributed by atoms with van der Waals surface area (Å²) in [4.78, 5) is 24.6. The lowest BCUT2D eigenvalue weighted by atomic mass is 10.2. The molecule has 1 fully saturated rings. The summed E-state index contributed by atoms with van der Waals surface area (Å²) in [6, 6.07) is 10.9. The summed E-state index contributed by atoms with van der Waals surface area (Å²) in [6.45, 7) is 2.77. The molecular formula is C16H17N3O4. The first-order chi connectivity index (χ1) is 11.1. The predicted molar refractivity (Wildman–Crippen MR) is 80.2 cm³/mol. The van der Waals surface area contributed by atoms with E-state index in [4.69, 9.17) is 9.26 Å². The fourth-order valence-electron chi connectivity index (χ4n) is 2.41. The van der Waals surface area contributed by atoms with Crippen molar-refractivity contribution >= 4 is 12.0 Å². The Morgan fingerprint density at radius 2 is 1.96 bits per heavy atom. The molecule has 0 spiro atoms. The summed E-state index contributed by atoms with van der Waals surface area (Å²) in [5.74, 6) is 0.182. The zero-order valence-corrected chi connectivity index (χ0v) is 12.8. The summed E-state index contributed by atoms with van der Waals surface area (Å²) in [5.41, 5.74) is 1.08. The maximum Gasteiger partial charge on any atom is 0.429 e. The van der Waals surface area contributed by atoms with E-state index in [1.165, 1.54) is 10.0 Å². The number of benzene rings is 1. The van der Waals surface area contributed by atoms with E-state index in [1.54, 1.807) is 13.0 Å². The monoisotopic (exact) mass is 315 g/mol. The molecule has 0 radical (unpaired) electrons. The minimum Gasteiger partial charge on any atom is -0.443 e. The molecule has 0 aliphatic carbocycles. The molecule has 2 aromatic rings. The molecule has 0 saturated carbocycles. The molecule has 3 rings (SSSR count). The number of aromatic nitrogens is 1. The number of carbonyl (C=O) groups excluding carboxylic acids is 2. The molecular weight excluding hydrogens is 298 g/mol. The number of rotatable bonds is 3. The zero-order valence-electron chi connectivity index (χ0n) is 12.8. The van der Waals surface area contributed by atoms with E-state index in [-0.39, 0.29) is 18.2 Å². The minimum absolute atomic E-state index is 0.168. The van der Waals surface area contributed by atoms with Crippen LogP contribution in [0.2, 0.25) is 0 Å². The Morgan fingerprint density at radius 1 is 1.22 bits per heavy atom. The maximum atomic E-state index is 12.4. The van der Waals surface area contributed by atoms with E-state index in [9.17, 15) is 9.59 Å². The number of amides is 2. The molecule has 2 heterocycles. The predicted octanol–water partition coefficient (Wildman–Crippen LogP) is 2.38. The van der Waals surface area contributed by atoms with Crippen LogP contribution in [-0.4, -0.2) is 40.3 Å². The standard InChI is InChI=1S/C16H17N3O4/c1-12-10-14(17-23-12)15(20)18-8-5-9-19(18)16(21)22-11-13-6-3-2-4-7-13/h2-4,6-7,10H,5,8-9,11H2,1H3. The Hall–Kier alpha value is -2.83. The number of nitrogens with zero attached hydrogens (tertiary/aromatic N) is 3. The van der Waals surface area contributed by atoms with Crippen LogP contribution in [0.4, 0.5) is 4.79 Å². The number of ether oxygens (including phenoxy) is 1. The normalized spacial score (nSPS) is 14.1. The average Bonchev–Trinajstić information content (AvgIpc) is 3.22. The lowest BCUT2D eigenvalue weighted by Gasteiger charge is -2.26. The van der Waals surface area contributed by atoms with E-state index < -0.39 is 6.09 Å². The fraction of sp³-hybridized carbons (Fsp3) is 0.312. The van der Waals surface area contributed by atoms with Gasteiger partial charge >= 0.3 is 6.09 Å². The highest BCUT2D eigenvalue weighted by molar-refractivity contribution is 5.93. The first-order valence-corrected chi connectivity index (χ1v) is 7.38. The average molecular weight is 315 g/mol. The van der Waals surface area contributed by atoms with Crippen LogP contribution in [0.5, 0.6) is 0 Å². The van der Waals surface area contributed by atoms with Crippen LogP contribution in [-0.2, 0) is 11.3 Å². The molecule has 1 aliphatic heterocycles. The zero-order chi connectivity index (χ0) is 16.2. The van der Waals surface area contributed by atoms with Crippen molar-refractivity contribution in [1.29, 1.82) is 0 Å². The molecule has 1 aliphatic rings. The van der Waals surface area contributed by atoms with E-state index in [2.05, 4.69) is 5.16 Å². The van der Waals surface area contributed by atoms with Gasteiger partial charge in [0.2, 0.25) is 0 Å². The highest BCUT2D eigenvalue weighted by Crippen LogP contribution is 2.17. The molecule has 120 valence electrons. The Balaban J connectivity index is 1.64. The van der Waals surface area contributed by atoms with Crippen LogP contribution in [0.25, 0.3) is 0 Å². The van der Waals surface area contributed by atoms with E-state index in [1.807, 2.05) is 30.3 Å². The SMILES string of the molecule is Cc1cc(C(=O)N2CCCN2C(=O)OCc2ccccc2)no1. The van der Waals surface area contributed by atoms with Crippen LogP contribution < -0.4 is 0 Å². The van der Waals surface area contributed by atoms with Crippen LogP contribution >= 0.6 is 0 Å². The van der Waals surface area contributed by atoms with Crippen molar-refractivity contribution in [3.63, 3.8) is 0 Å². The van der Waals surface area contributed by atoms with Crippen LogP contribution in [0.3, 0.4) is 0 Å². The van der Waals surface area contributed by atoms with Crippen molar-refractivity contribution in [2.24, 2.45) is 0 Å². The Labute approximate surface area is 133 Å². The van der Waals surface area contributed by atoms with Gasteiger partial charge < -0.3 is 9.26 Å². The summed E-state index contributed by atoms with van der Waals surface area (Å²) < 4.78 is 10.2. The van der Waals surface area contributed by atoms with Crippen molar-refractivity contribution in [3.8, 4) is 0 Å². The topological polar surface area (TPSA) is 75.9 Å². The smallest absolute Gasteiger partial charge is 0.429 e. The molecule has 0 atom stereocenters. The second kappa shape index (κ2) is 6.51. The summed E-state index contributed by atoms with van der Waals surface area (Å²) in [5, 5.41) is 6.37. The molecule has 7 nitrogen and oxygen atoms in total. The summed E-state index contributed by atoms with van der Waals surface area (Å²) in [6.07, 6.45) is 0.156. The van der Waals surface area contributed by atoms with Crippen LogP contribution in [0, 0.1) is 6.92 Å². The van der Waals surface area contributed by atoms with E-state index in [0.29, 0.717) is 25.3 Å². The number of carbonyl (C=O) groups is 2. The highest BCUT2D eigenvalue weighted by atomic mass is 16.6. The first-order valence-electron chi connectivity index (χ1n) is 7.38. The van der Waals surface area contributed by atoms with E-state index in [0.717, 1.165) is 5.56 Å². The lowest BCUT2D eigenvalue weighted by molar-refractivity contribution is 0.0104. The third-order valence-corrected chi connectivity index (χ3v) is 3.53. The second-order valence-corrected chi connectivity index (χ2v) is 5.27. The molecule has 0 unspecified atom stereocenters. The lowest BCUT2D eigenvalue weighted by Crippen LogP contribution is -2.45. The minimum atomic E-state index is -0.542. The van der Waals surface area contributed by atoms with Crippen LogP contribution in [0.15, 0.2) is 40.9 Å². The van der Waals surface area contributed by atoms with Crippen molar-refractivity contribution in [3.05, 3.63) is 53.4 Å². The van der Waals surface area contributed by atoms with Gasteiger partial charge in [0, 0.05) is 19.2 Å². The molecule has 0 N–H and O–H groups in total. The largest absolute Gasteiger partial charge is 0.443 e. The van der Waals surface area contributed by atoms with Gasteiger partial charge in [0.25, 0.3) is 5.91 Å². The fourth-order valence-corrected chi connectivity index (χ4v) is 2.41. The van der Waals surface area contributed by atoms with Crippen molar-refractivity contribution in [2.45, 2.75) is 20.0 Å². The number of hydrogen-bond donors (Lipinski definition) is 0. The molecule has 2 amide bonds. The maximum absolute atomic E-state index is 12.4. The summed E-state index contributed by atoms with van der Waals surface area (Å²) >= 11 is 0. The molecule has 23 heavy (non-hydrogen) atoms. The van der Waals surface area contributed by atoms with Gasteiger partial charge in [-0.2, -0.15) is 0 Å². The molecule has 1 aromatic carbocycles. The molecule has 1 aromatic heterocycles. The second-order valence-electron chi connectivity index (χ2n) is 5.27. The Bertz CT molecular complexity index is 698. The molecule has 0 bridgehead atoms. The number of aryl methyl sites for hydroxylation is 1. The van der Waals surface area contributed by atoms with Gasteiger partial charge in [-0.25, -0.2) is 14.8 Å². The van der Waals surface area contributed by atoms with Crippen LogP contribution in [0.1, 0.15) is 28.2 Å². The highest BCUT2D eigenvalue weighted by Gasteiger charge is 2.33. The Kier molecular flexibility index (Phi) is 4.27. The van der Waals surface area contributed by atoms with Crippen molar-refractivity contribution in [1.82, 2.24) is 15.2 Å². The van der Waals surface area contributed by atoms with Gasteiger partial charge in [-0.05, 0) is 18.9 Å². The number of hydrazine groups is 1. The van der Waals surface area contributed by atoms with Gasteiger partial charge in [-0.1, -0.05) is 35.5 Å². The van der Waals surface area contributed by atoms with Crippen molar-refractivity contribution in [2.75, 3.05) is 13.1 Å². The third kappa shape index (κ3) is 3.33. The van der Waals surface area contributed by atoms with Gasteiger partial charge in [0.1, 0.15) is 12.4 Å². The molecule has 1 saturated heterocycles. The molecule has 7 heteroatoms. The quantitative estimate of drug-likeness (QED) is 0.869. The third-order valence-electron chi connectivity index (χ3n) is 3.53. The Morgan fingerprint density at radius 3 is 2.65 bits per heavy atom.